The van der Waals surface area contributed by atoms with E-state index in [1.54, 1.807) is 17.0 Å². The lowest BCUT2D eigenvalue weighted by molar-refractivity contribution is -0.131. The Morgan fingerprint density at radius 2 is 1.79 bits per heavy atom. The Morgan fingerprint density at radius 3 is 2.41 bits per heavy atom. The summed E-state index contributed by atoms with van der Waals surface area (Å²) in [6.45, 7) is 5.09. The van der Waals surface area contributed by atoms with Crippen molar-refractivity contribution in [1.29, 1.82) is 0 Å². The van der Waals surface area contributed by atoms with Gasteiger partial charge >= 0.3 is 0 Å². The zero-order chi connectivity index (χ0) is 21.1. The number of amides is 2. The monoisotopic (exact) mass is 402 g/mol. The van der Waals surface area contributed by atoms with Gasteiger partial charge in [0.2, 0.25) is 0 Å². The third-order valence-electron chi connectivity index (χ3n) is 5.13. The van der Waals surface area contributed by atoms with Crippen molar-refractivity contribution in [2.75, 3.05) is 19.7 Å². The molecule has 1 aromatic carbocycles. The fourth-order valence-electron chi connectivity index (χ4n) is 3.47. The van der Waals surface area contributed by atoms with Gasteiger partial charge in [-0.3, -0.25) is 14.5 Å². The van der Waals surface area contributed by atoms with E-state index in [4.69, 9.17) is 10.5 Å². The SMILES string of the molecule is CCCCC1(CCCC)N=C(N)N(CCCNC(=O)COc2ccccc2)C1=O. The second-order valence-electron chi connectivity index (χ2n) is 7.47. The van der Waals surface area contributed by atoms with Crippen molar-refractivity contribution in [3.63, 3.8) is 0 Å². The second kappa shape index (κ2) is 11.4. The molecular weight excluding hydrogens is 368 g/mol. The highest BCUT2D eigenvalue weighted by molar-refractivity contribution is 6.06. The molecule has 0 bridgehead atoms. The summed E-state index contributed by atoms with van der Waals surface area (Å²) in [5.41, 5.74) is 5.40. The van der Waals surface area contributed by atoms with E-state index in [0.717, 1.165) is 38.5 Å². The van der Waals surface area contributed by atoms with Crippen molar-refractivity contribution in [3.8, 4) is 5.75 Å². The van der Waals surface area contributed by atoms with Gasteiger partial charge in [0.1, 0.15) is 11.3 Å². The maximum Gasteiger partial charge on any atom is 0.257 e. The van der Waals surface area contributed by atoms with Gasteiger partial charge in [-0.05, 0) is 31.4 Å². The first-order valence-electron chi connectivity index (χ1n) is 10.6. The van der Waals surface area contributed by atoms with Crippen LogP contribution in [-0.2, 0) is 9.59 Å². The van der Waals surface area contributed by atoms with Crippen LogP contribution >= 0.6 is 0 Å². The number of aliphatic imine (C=N–C) groups is 1. The molecule has 0 aliphatic carbocycles. The van der Waals surface area contributed by atoms with Gasteiger partial charge in [0.15, 0.2) is 12.6 Å². The second-order valence-corrected chi connectivity index (χ2v) is 7.47. The third-order valence-corrected chi connectivity index (χ3v) is 5.13. The number of hydrogen-bond donors (Lipinski definition) is 2. The van der Waals surface area contributed by atoms with Crippen LogP contribution in [0.15, 0.2) is 35.3 Å². The summed E-state index contributed by atoms with van der Waals surface area (Å²) < 4.78 is 5.42. The van der Waals surface area contributed by atoms with Crippen molar-refractivity contribution in [1.82, 2.24) is 10.2 Å². The standard InChI is InChI=1S/C22H34N4O3/c1-3-5-13-22(14-6-4-2)20(28)26(21(23)25-22)16-10-15-24-19(27)17-29-18-11-8-7-9-12-18/h7-9,11-12H,3-6,10,13-17H2,1-2H3,(H2,23,25)(H,24,27). The summed E-state index contributed by atoms with van der Waals surface area (Å²) in [7, 11) is 0. The van der Waals surface area contributed by atoms with E-state index in [1.165, 1.54) is 0 Å². The Balaban J connectivity index is 1.77. The Hall–Kier alpha value is -2.57. The number of rotatable bonds is 13. The highest BCUT2D eigenvalue weighted by atomic mass is 16.5. The van der Waals surface area contributed by atoms with Crippen LogP contribution in [0.1, 0.15) is 58.8 Å². The molecule has 0 spiro atoms. The molecule has 0 atom stereocenters. The fourth-order valence-corrected chi connectivity index (χ4v) is 3.47. The molecule has 3 N–H and O–H groups in total. The lowest BCUT2D eigenvalue weighted by Crippen LogP contribution is -2.45. The predicted octanol–water partition coefficient (Wildman–Crippen LogP) is 2.85. The number of nitrogens with one attached hydrogen (secondary N) is 1. The molecule has 0 fully saturated rings. The van der Waals surface area contributed by atoms with Crippen LogP contribution < -0.4 is 15.8 Å². The minimum atomic E-state index is -0.692. The molecule has 160 valence electrons. The Kier molecular flexibility index (Phi) is 8.96. The van der Waals surface area contributed by atoms with Gasteiger partial charge < -0.3 is 15.8 Å². The smallest absolute Gasteiger partial charge is 0.257 e. The molecule has 7 heteroatoms. The van der Waals surface area contributed by atoms with Gasteiger partial charge in [0, 0.05) is 13.1 Å². The van der Waals surface area contributed by atoms with Crippen LogP contribution in [0.3, 0.4) is 0 Å². The lowest BCUT2D eigenvalue weighted by Gasteiger charge is -2.26. The Morgan fingerprint density at radius 1 is 1.14 bits per heavy atom. The summed E-state index contributed by atoms with van der Waals surface area (Å²) in [5.74, 6) is 0.782. The van der Waals surface area contributed by atoms with E-state index in [1.807, 2.05) is 18.2 Å². The molecule has 0 saturated carbocycles. The van der Waals surface area contributed by atoms with Gasteiger partial charge in [0.25, 0.3) is 11.8 Å². The van der Waals surface area contributed by atoms with Crippen molar-refractivity contribution >= 4 is 17.8 Å². The summed E-state index contributed by atoms with van der Waals surface area (Å²) in [4.78, 5) is 31.2. The van der Waals surface area contributed by atoms with Crippen LogP contribution in [0.25, 0.3) is 0 Å². The minimum Gasteiger partial charge on any atom is -0.484 e. The van der Waals surface area contributed by atoms with E-state index in [-0.39, 0.29) is 18.4 Å². The zero-order valence-electron chi connectivity index (χ0n) is 17.7. The summed E-state index contributed by atoms with van der Waals surface area (Å²) in [6.07, 6.45) is 6.05. The van der Waals surface area contributed by atoms with Gasteiger partial charge in [-0.25, -0.2) is 4.99 Å². The topological polar surface area (TPSA) is 97.0 Å². The highest BCUT2D eigenvalue weighted by Crippen LogP contribution is 2.32. The minimum absolute atomic E-state index is 0.00985. The molecule has 1 aliphatic rings. The molecule has 0 radical (unpaired) electrons. The van der Waals surface area contributed by atoms with E-state index >= 15 is 0 Å². The number of guanidine groups is 1. The molecule has 1 aromatic rings. The molecule has 29 heavy (non-hydrogen) atoms. The fraction of sp³-hybridized carbons (Fsp3) is 0.591. The average Bonchev–Trinajstić information content (AvgIpc) is 2.97. The van der Waals surface area contributed by atoms with E-state index in [9.17, 15) is 9.59 Å². The van der Waals surface area contributed by atoms with Crippen molar-refractivity contribution < 1.29 is 14.3 Å². The van der Waals surface area contributed by atoms with Gasteiger partial charge in [-0.1, -0.05) is 57.7 Å². The summed E-state index contributed by atoms with van der Waals surface area (Å²) >= 11 is 0. The number of para-hydroxylation sites is 1. The number of nitrogens with two attached hydrogens (primary N) is 1. The number of benzene rings is 1. The molecule has 0 unspecified atom stereocenters. The molecule has 0 saturated heterocycles. The van der Waals surface area contributed by atoms with Gasteiger partial charge in [-0.15, -0.1) is 0 Å². The van der Waals surface area contributed by atoms with E-state index in [0.29, 0.717) is 31.2 Å². The highest BCUT2D eigenvalue weighted by Gasteiger charge is 2.46. The number of hydrogen-bond acceptors (Lipinski definition) is 5. The maximum absolute atomic E-state index is 13.1. The number of unbranched alkanes of at least 4 members (excludes halogenated alkanes) is 2. The third kappa shape index (κ3) is 6.48. The maximum atomic E-state index is 13.1. The Labute approximate surface area is 173 Å². The molecule has 0 aromatic heterocycles. The van der Waals surface area contributed by atoms with Crippen molar-refractivity contribution in [2.24, 2.45) is 10.7 Å². The van der Waals surface area contributed by atoms with Crippen LogP contribution in [0.2, 0.25) is 0 Å². The predicted molar refractivity (Wildman–Crippen MR) is 115 cm³/mol. The number of carbonyl (C=O) groups is 2. The van der Waals surface area contributed by atoms with Crippen LogP contribution in [0.5, 0.6) is 5.75 Å². The summed E-state index contributed by atoms with van der Waals surface area (Å²) in [6, 6.07) is 9.21. The largest absolute Gasteiger partial charge is 0.484 e. The van der Waals surface area contributed by atoms with Crippen molar-refractivity contribution in [3.05, 3.63) is 30.3 Å². The van der Waals surface area contributed by atoms with E-state index < -0.39 is 5.54 Å². The van der Waals surface area contributed by atoms with Crippen LogP contribution in [-0.4, -0.2) is 47.9 Å². The van der Waals surface area contributed by atoms with Gasteiger partial charge in [-0.2, -0.15) is 0 Å². The quantitative estimate of drug-likeness (QED) is 0.496. The molecule has 7 nitrogen and oxygen atoms in total. The first kappa shape index (κ1) is 22.7. The average molecular weight is 403 g/mol. The van der Waals surface area contributed by atoms with Crippen molar-refractivity contribution in [2.45, 2.75) is 64.3 Å². The number of nitrogens with zero attached hydrogens (tertiary/aromatic N) is 2. The molecule has 2 amide bonds. The summed E-state index contributed by atoms with van der Waals surface area (Å²) in [5, 5.41) is 2.81. The first-order chi connectivity index (χ1) is 14.0. The van der Waals surface area contributed by atoms with Crippen LogP contribution in [0, 0.1) is 0 Å². The van der Waals surface area contributed by atoms with Gasteiger partial charge in [0.05, 0.1) is 0 Å². The Bertz CT molecular complexity index is 683. The number of ether oxygens (including phenoxy) is 1. The molecule has 1 heterocycles. The molecule has 1 aliphatic heterocycles. The number of carbonyl (C=O) groups excluding carboxylic acids is 2. The molecule has 2 rings (SSSR count). The zero-order valence-corrected chi connectivity index (χ0v) is 17.7. The first-order valence-corrected chi connectivity index (χ1v) is 10.6. The van der Waals surface area contributed by atoms with Crippen LogP contribution in [0.4, 0.5) is 0 Å². The normalized spacial score (nSPS) is 15.3. The lowest BCUT2D eigenvalue weighted by atomic mass is 9.87. The molecular formula is C22H34N4O3. The van der Waals surface area contributed by atoms with E-state index in [2.05, 4.69) is 24.2 Å².